The Morgan fingerprint density at radius 3 is 2.69 bits per heavy atom. The van der Waals surface area contributed by atoms with Gasteiger partial charge >= 0.3 is 0 Å². The number of H-pyrrole nitrogens is 2. The smallest absolute Gasteiger partial charge is 0.178 e. The zero-order valence-corrected chi connectivity index (χ0v) is 25.9. The van der Waals surface area contributed by atoms with Crippen LogP contribution in [0.3, 0.4) is 0 Å². The summed E-state index contributed by atoms with van der Waals surface area (Å²) >= 11 is 0. The number of pyridine rings is 3. The topological polar surface area (TPSA) is 141 Å². The van der Waals surface area contributed by atoms with Gasteiger partial charge in [0.15, 0.2) is 11.5 Å². The van der Waals surface area contributed by atoms with Crippen molar-refractivity contribution in [3.8, 4) is 39.7 Å². The molecule has 4 N–H and O–H groups in total. The molecule has 0 saturated heterocycles. The van der Waals surface area contributed by atoms with Crippen molar-refractivity contribution < 1.29 is 14.2 Å². The van der Waals surface area contributed by atoms with E-state index < -0.39 is 12.0 Å². The number of likely N-dealkylation sites (N-methyl/N-ethyl adjacent to an activating group) is 1. The predicted octanol–water partition coefficient (Wildman–Crippen LogP) is 5.87. The molecule has 0 bridgehead atoms. The molecule has 0 amide bonds. The predicted molar refractivity (Wildman–Crippen MR) is 173 cm³/mol. The molecule has 5 heterocycles. The van der Waals surface area contributed by atoms with Gasteiger partial charge in [-0.1, -0.05) is 20.8 Å². The number of nitrogens with one attached hydrogen (secondary N) is 3. The first kappa shape index (κ1) is 30.1. The Kier molecular flexibility index (Phi) is 8.17. The van der Waals surface area contributed by atoms with E-state index in [-0.39, 0.29) is 5.41 Å². The van der Waals surface area contributed by atoms with Gasteiger partial charge in [-0.3, -0.25) is 15.1 Å². The third-order valence-electron chi connectivity index (χ3n) is 7.23. The van der Waals surface area contributed by atoms with E-state index in [9.17, 15) is 9.50 Å². The van der Waals surface area contributed by atoms with Gasteiger partial charge < -0.3 is 25.0 Å². The Bertz CT molecular complexity index is 1960. The van der Waals surface area contributed by atoms with Gasteiger partial charge in [0.25, 0.3) is 0 Å². The minimum absolute atomic E-state index is 0.0327. The van der Waals surface area contributed by atoms with Gasteiger partial charge in [-0.15, -0.1) is 0 Å². The first-order valence-electron chi connectivity index (χ1n) is 14.7. The fourth-order valence-corrected chi connectivity index (χ4v) is 5.15. The number of fused-ring (bicyclic) bond motifs is 2. The molecule has 0 aliphatic rings. The highest BCUT2D eigenvalue weighted by Crippen LogP contribution is 2.34. The molecule has 6 rings (SSSR count). The Hall–Kier alpha value is -4.94. The number of nitrogens with zero attached hydrogens (tertiary/aromatic N) is 6. The van der Waals surface area contributed by atoms with Crippen LogP contribution >= 0.6 is 0 Å². The molecule has 1 aromatic carbocycles. The van der Waals surface area contributed by atoms with Crippen LogP contribution in [0.15, 0.2) is 61.2 Å². The maximum absolute atomic E-state index is 14.7. The van der Waals surface area contributed by atoms with Gasteiger partial charge in [-0.05, 0) is 61.8 Å². The number of aromatic amines is 2. The van der Waals surface area contributed by atoms with Crippen LogP contribution in [0.5, 0.6) is 5.75 Å². The van der Waals surface area contributed by atoms with Gasteiger partial charge in [0.1, 0.15) is 30.1 Å². The van der Waals surface area contributed by atoms with Crippen LogP contribution in [0.25, 0.3) is 56.0 Å². The number of anilines is 1. The second kappa shape index (κ2) is 12.2. The van der Waals surface area contributed by atoms with Crippen molar-refractivity contribution in [3.63, 3.8) is 0 Å². The van der Waals surface area contributed by atoms with Gasteiger partial charge in [0.2, 0.25) is 0 Å². The molecular weight excluding hydrogens is 573 g/mol. The largest absolute Gasteiger partial charge is 0.492 e. The Balaban J connectivity index is 1.32. The number of imidazole rings is 1. The van der Waals surface area contributed by atoms with E-state index in [0.717, 1.165) is 22.0 Å². The third kappa shape index (κ3) is 6.92. The summed E-state index contributed by atoms with van der Waals surface area (Å²) in [5.41, 5.74) is 5.95. The van der Waals surface area contributed by atoms with E-state index >= 15 is 0 Å². The number of hydrogen-bond donors (Lipinski definition) is 4. The molecule has 0 aliphatic heterocycles. The molecule has 232 valence electrons. The highest BCUT2D eigenvalue weighted by Gasteiger charge is 2.19. The fourth-order valence-electron chi connectivity index (χ4n) is 5.15. The third-order valence-corrected chi connectivity index (χ3v) is 7.23. The standard InChI is InChI=1S/C33H36FN9O2/c1-33(2,3)15-28(44)38-22-11-20(16-35-17-22)26-14-25-27(18-37-26)41-42-30(25)32-39-29-24(6-7-36-31(29)40-32)19-10-21(34)13-23(12-19)45-9-8-43(4)5/h6-7,10-14,16-18,28,38,44H,8-9,15H2,1-5H3,(H,41,42)(H,36,39,40). The molecule has 1 unspecified atom stereocenters. The normalized spacial score (nSPS) is 12.7. The maximum Gasteiger partial charge on any atom is 0.178 e. The molecule has 12 heteroatoms. The average Bonchev–Trinajstić information content (AvgIpc) is 3.59. The monoisotopic (exact) mass is 609 g/mol. The van der Waals surface area contributed by atoms with Crippen LogP contribution in [-0.4, -0.2) is 78.6 Å². The first-order valence-corrected chi connectivity index (χ1v) is 14.7. The molecule has 1 atom stereocenters. The lowest BCUT2D eigenvalue weighted by molar-refractivity contribution is 0.145. The van der Waals surface area contributed by atoms with Crippen molar-refractivity contribution >= 4 is 27.8 Å². The maximum atomic E-state index is 14.7. The molecule has 45 heavy (non-hydrogen) atoms. The van der Waals surface area contributed by atoms with Crippen LogP contribution in [0.1, 0.15) is 27.2 Å². The number of aliphatic hydroxyl groups excluding tert-OH is 1. The summed E-state index contributed by atoms with van der Waals surface area (Å²) in [6, 6.07) is 10.3. The lowest BCUT2D eigenvalue weighted by Gasteiger charge is -2.23. The number of aliphatic hydroxyl groups is 1. The van der Waals surface area contributed by atoms with E-state index in [1.165, 1.54) is 12.1 Å². The molecule has 0 radical (unpaired) electrons. The van der Waals surface area contributed by atoms with Crippen LogP contribution in [0.4, 0.5) is 10.1 Å². The number of benzene rings is 1. The Morgan fingerprint density at radius 2 is 1.89 bits per heavy atom. The van der Waals surface area contributed by atoms with Gasteiger partial charge in [-0.2, -0.15) is 5.10 Å². The summed E-state index contributed by atoms with van der Waals surface area (Å²) in [7, 11) is 3.91. The van der Waals surface area contributed by atoms with Crippen molar-refractivity contribution in [3.05, 3.63) is 67.0 Å². The lowest BCUT2D eigenvalue weighted by atomic mass is 9.91. The summed E-state index contributed by atoms with van der Waals surface area (Å²) in [6.07, 6.45) is 6.64. The van der Waals surface area contributed by atoms with Crippen LogP contribution in [0, 0.1) is 11.2 Å². The molecule has 0 spiro atoms. The van der Waals surface area contributed by atoms with Crippen molar-refractivity contribution in [1.82, 2.24) is 40.0 Å². The highest BCUT2D eigenvalue weighted by molar-refractivity contribution is 5.96. The zero-order valence-electron chi connectivity index (χ0n) is 25.9. The minimum atomic E-state index is -0.709. The fraction of sp³-hybridized carbons (Fsp3) is 0.303. The molecule has 5 aromatic heterocycles. The Labute approximate surface area is 259 Å². The van der Waals surface area contributed by atoms with E-state index in [1.807, 2.05) is 43.3 Å². The quantitative estimate of drug-likeness (QED) is 0.140. The van der Waals surface area contributed by atoms with Crippen LogP contribution in [-0.2, 0) is 0 Å². The van der Waals surface area contributed by atoms with Crippen molar-refractivity contribution in [2.75, 3.05) is 32.6 Å². The summed E-state index contributed by atoms with van der Waals surface area (Å²) in [4.78, 5) is 23.5. The number of rotatable bonds is 10. The highest BCUT2D eigenvalue weighted by atomic mass is 19.1. The van der Waals surface area contributed by atoms with Gasteiger partial charge in [-0.25, -0.2) is 14.4 Å². The minimum Gasteiger partial charge on any atom is -0.492 e. The number of hydrogen-bond acceptors (Lipinski definition) is 9. The van der Waals surface area contributed by atoms with Crippen molar-refractivity contribution in [2.24, 2.45) is 5.41 Å². The van der Waals surface area contributed by atoms with Crippen molar-refractivity contribution in [2.45, 2.75) is 33.4 Å². The Morgan fingerprint density at radius 1 is 1.04 bits per heavy atom. The first-order chi connectivity index (χ1) is 21.5. The molecule has 0 aliphatic carbocycles. The molecule has 6 aromatic rings. The van der Waals surface area contributed by atoms with Gasteiger partial charge in [0.05, 0.1) is 34.8 Å². The van der Waals surface area contributed by atoms with Crippen LogP contribution < -0.4 is 10.1 Å². The second-order valence-corrected chi connectivity index (χ2v) is 12.5. The second-order valence-electron chi connectivity index (χ2n) is 12.5. The summed E-state index contributed by atoms with van der Waals surface area (Å²) in [6.45, 7) is 7.38. The number of aromatic nitrogens is 7. The molecule has 0 fully saturated rings. The van der Waals surface area contributed by atoms with Crippen LogP contribution in [0.2, 0.25) is 0 Å². The number of ether oxygens (including phenoxy) is 1. The van der Waals surface area contributed by atoms with E-state index in [0.29, 0.717) is 64.9 Å². The van der Waals surface area contributed by atoms with Gasteiger partial charge in [0, 0.05) is 41.5 Å². The van der Waals surface area contributed by atoms with Crippen molar-refractivity contribution in [1.29, 1.82) is 0 Å². The lowest BCUT2D eigenvalue weighted by Crippen LogP contribution is -2.25. The van der Waals surface area contributed by atoms with E-state index in [4.69, 9.17) is 9.72 Å². The number of halogens is 1. The summed E-state index contributed by atoms with van der Waals surface area (Å²) < 4.78 is 20.5. The molecular formula is C33H36FN9O2. The van der Waals surface area contributed by atoms with E-state index in [2.05, 4.69) is 56.2 Å². The molecule has 11 nitrogen and oxygen atoms in total. The summed E-state index contributed by atoms with van der Waals surface area (Å²) in [5, 5.41) is 22.0. The zero-order chi connectivity index (χ0) is 31.7. The summed E-state index contributed by atoms with van der Waals surface area (Å²) in [5.74, 6) is 0.561. The average molecular weight is 610 g/mol. The van der Waals surface area contributed by atoms with E-state index in [1.54, 1.807) is 24.8 Å². The molecule has 0 saturated carbocycles. The SMILES string of the molecule is CN(C)CCOc1cc(F)cc(-c2ccnc3nc(-c4n[nH]c5cnc(-c6cncc(NC(O)CC(C)(C)C)c6)cc45)[nH]c23)c1.